The van der Waals surface area contributed by atoms with E-state index in [0.717, 1.165) is 13.1 Å². The van der Waals surface area contributed by atoms with Crippen molar-refractivity contribution in [1.29, 1.82) is 0 Å². The Labute approximate surface area is 89.1 Å². The standard InChI is InChI=1S/C12H13NS/c1-2-7-13-8-9-14-12-6-4-3-5-11(12)10-13/h2-6,8-9H,1,7,10H2. The third-order valence-electron chi connectivity index (χ3n) is 2.18. The van der Waals surface area contributed by atoms with Crippen LogP contribution < -0.4 is 0 Å². The summed E-state index contributed by atoms with van der Waals surface area (Å²) in [4.78, 5) is 3.61. The molecule has 0 fully saturated rings. The summed E-state index contributed by atoms with van der Waals surface area (Å²) in [6, 6.07) is 8.53. The molecule has 0 aromatic heterocycles. The minimum atomic E-state index is 0.908. The average Bonchev–Trinajstić information content (AvgIpc) is 2.40. The van der Waals surface area contributed by atoms with E-state index in [1.54, 1.807) is 11.8 Å². The lowest BCUT2D eigenvalue weighted by molar-refractivity contribution is 0.408. The van der Waals surface area contributed by atoms with Crippen LogP contribution >= 0.6 is 11.8 Å². The van der Waals surface area contributed by atoms with Crippen molar-refractivity contribution in [1.82, 2.24) is 4.90 Å². The summed E-state index contributed by atoms with van der Waals surface area (Å²) >= 11 is 1.78. The second kappa shape index (κ2) is 4.38. The van der Waals surface area contributed by atoms with Crippen molar-refractivity contribution in [3.63, 3.8) is 0 Å². The Balaban J connectivity index is 2.23. The van der Waals surface area contributed by atoms with Crippen LogP contribution in [0.5, 0.6) is 0 Å². The van der Waals surface area contributed by atoms with E-state index < -0.39 is 0 Å². The number of hydrogen-bond acceptors (Lipinski definition) is 2. The van der Waals surface area contributed by atoms with Crippen molar-refractivity contribution in [2.24, 2.45) is 0 Å². The van der Waals surface area contributed by atoms with Crippen LogP contribution in [0.15, 0.2) is 53.4 Å². The molecular weight excluding hydrogens is 190 g/mol. The molecule has 0 atom stereocenters. The topological polar surface area (TPSA) is 3.24 Å². The first-order valence-electron chi connectivity index (χ1n) is 4.66. The molecule has 0 saturated heterocycles. The third kappa shape index (κ3) is 2.02. The molecule has 0 radical (unpaired) electrons. The largest absolute Gasteiger partial charge is 0.369 e. The highest BCUT2D eigenvalue weighted by molar-refractivity contribution is 8.02. The summed E-state index contributed by atoms with van der Waals surface area (Å²) in [7, 11) is 0. The summed E-state index contributed by atoms with van der Waals surface area (Å²) < 4.78 is 0. The number of fused-ring (bicyclic) bond motifs is 1. The van der Waals surface area contributed by atoms with E-state index in [1.165, 1.54) is 10.5 Å². The van der Waals surface area contributed by atoms with Crippen molar-refractivity contribution in [2.45, 2.75) is 11.4 Å². The van der Waals surface area contributed by atoms with Gasteiger partial charge in [-0.05, 0) is 17.0 Å². The maximum atomic E-state index is 3.76. The highest BCUT2D eigenvalue weighted by Crippen LogP contribution is 2.27. The first-order chi connectivity index (χ1) is 6.90. The average molecular weight is 203 g/mol. The van der Waals surface area contributed by atoms with Gasteiger partial charge in [0.05, 0.1) is 0 Å². The minimum absolute atomic E-state index is 0.908. The minimum Gasteiger partial charge on any atom is -0.369 e. The summed E-state index contributed by atoms with van der Waals surface area (Å²) in [5, 5.41) is 2.13. The lowest BCUT2D eigenvalue weighted by Crippen LogP contribution is -2.15. The van der Waals surface area contributed by atoms with Gasteiger partial charge < -0.3 is 4.90 Å². The first-order valence-corrected chi connectivity index (χ1v) is 5.54. The van der Waals surface area contributed by atoms with Gasteiger partial charge in [0, 0.05) is 24.2 Å². The highest BCUT2D eigenvalue weighted by Gasteiger charge is 2.07. The van der Waals surface area contributed by atoms with Crippen LogP contribution in [0, 0.1) is 0 Å². The van der Waals surface area contributed by atoms with E-state index in [0.29, 0.717) is 0 Å². The molecule has 1 aromatic rings. The van der Waals surface area contributed by atoms with Crippen LogP contribution in [0.2, 0.25) is 0 Å². The quantitative estimate of drug-likeness (QED) is 0.679. The van der Waals surface area contributed by atoms with E-state index in [4.69, 9.17) is 0 Å². The molecule has 0 bridgehead atoms. The normalized spacial score (nSPS) is 14.7. The molecule has 0 spiro atoms. The summed E-state index contributed by atoms with van der Waals surface area (Å²) in [6.45, 7) is 5.65. The van der Waals surface area contributed by atoms with Gasteiger partial charge in [-0.25, -0.2) is 0 Å². The van der Waals surface area contributed by atoms with Gasteiger partial charge in [-0.15, -0.1) is 6.58 Å². The number of nitrogens with zero attached hydrogens (tertiary/aromatic N) is 1. The number of thioether (sulfide) groups is 1. The third-order valence-corrected chi connectivity index (χ3v) is 3.09. The fourth-order valence-corrected chi connectivity index (χ4v) is 2.32. The van der Waals surface area contributed by atoms with Gasteiger partial charge in [-0.2, -0.15) is 0 Å². The van der Waals surface area contributed by atoms with Gasteiger partial charge >= 0.3 is 0 Å². The van der Waals surface area contributed by atoms with Gasteiger partial charge in [-0.3, -0.25) is 0 Å². The SMILES string of the molecule is C=CCN1C=CSc2ccccc2C1. The Morgan fingerprint density at radius 2 is 2.29 bits per heavy atom. The van der Waals surface area contributed by atoms with E-state index in [1.807, 2.05) is 6.08 Å². The van der Waals surface area contributed by atoms with Crippen LogP contribution in [-0.2, 0) is 6.54 Å². The Morgan fingerprint density at radius 1 is 1.43 bits per heavy atom. The highest BCUT2D eigenvalue weighted by atomic mass is 32.2. The van der Waals surface area contributed by atoms with E-state index in [-0.39, 0.29) is 0 Å². The molecule has 0 unspecified atom stereocenters. The zero-order chi connectivity index (χ0) is 9.80. The molecule has 0 saturated carbocycles. The second-order valence-electron chi connectivity index (χ2n) is 3.23. The van der Waals surface area contributed by atoms with Crippen molar-refractivity contribution < 1.29 is 0 Å². The van der Waals surface area contributed by atoms with Gasteiger partial charge in [-0.1, -0.05) is 36.0 Å². The van der Waals surface area contributed by atoms with Gasteiger partial charge in [0.2, 0.25) is 0 Å². The van der Waals surface area contributed by atoms with Crippen molar-refractivity contribution in [3.8, 4) is 0 Å². The van der Waals surface area contributed by atoms with E-state index in [9.17, 15) is 0 Å². The molecule has 1 aliphatic heterocycles. The van der Waals surface area contributed by atoms with Crippen LogP contribution in [0.3, 0.4) is 0 Å². The number of hydrogen-bond donors (Lipinski definition) is 0. The lowest BCUT2D eigenvalue weighted by atomic mass is 10.2. The second-order valence-corrected chi connectivity index (χ2v) is 4.18. The molecular formula is C12H13NS. The number of rotatable bonds is 2. The predicted molar refractivity (Wildman–Crippen MR) is 62.0 cm³/mol. The maximum Gasteiger partial charge on any atom is 0.0438 e. The Bertz CT molecular complexity index is 357. The monoisotopic (exact) mass is 203 g/mol. The fraction of sp³-hybridized carbons (Fsp3) is 0.167. The Morgan fingerprint density at radius 3 is 3.14 bits per heavy atom. The van der Waals surface area contributed by atoms with Crippen LogP contribution in [-0.4, -0.2) is 11.4 Å². The lowest BCUT2D eigenvalue weighted by Gasteiger charge is -2.17. The molecule has 1 heterocycles. The summed E-state index contributed by atoms with van der Waals surface area (Å²) in [6.07, 6.45) is 4.06. The fourth-order valence-electron chi connectivity index (χ4n) is 1.50. The molecule has 0 N–H and O–H groups in total. The molecule has 1 aromatic carbocycles. The van der Waals surface area contributed by atoms with Crippen molar-refractivity contribution in [3.05, 3.63) is 54.1 Å². The van der Waals surface area contributed by atoms with Crippen molar-refractivity contribution >= 4 is 11.8 Å². The summed E-state index contributed by atoms with van der Waals surface area (Å²) in [5.74, 6) is 0. The molecule has 1 aliphatic rings. The molecule has 1 nitrogen and oxygen atoms in total. The molecule has 0 amide bonds. The zero-order valence-electron chi connectivity index (χ0n) is 8.02. The van der Waals surface area contributed by atoms with Crippen LogP contribution in [0.1, 0.15) is 5.56 Å². The van der Waals surface area contributed by atoms with E-state index in [2.05, 4.69) is 47.4 Å². The molecule has 2 heteroatoms. The Kier molecular flexibility index (Phi) is 2.94. The molecule has 0 aliphatic carbocycles. The molecule has 2 rings (SSSR count). The summed E-state index contributed by atoms with van der Waals surface area (Å²) in [5.41, 5.74) is 1.39. The van der Waals surface area contributed by atoms with Crippen molar-refractivity contribution in [2.75, 3.05) is 6.54 Å². The smallest absolute Gasteiger partial charge is 0.0438 e. The Hall–Kier alpha value is -1.15. The maximum absolute atomic E-state index is 3.76. The van der Waals surface area contributed by atoms with Gasteiger partial charge in [0.15, 0.2) is 0 Å². The van der Waals surface area contributed by atoms with Gasteiger partial charge in [0.1, 0.15) is 0 Å². The molecule has 72 valence electrons. The number of benzene rings is 1. The van der Waals surface area contributed by atoms with Crippen LogP contribution in [0.4, 0.5) is 0 Å². The zero-order valence-corrected chi connectivity index (χ0v) is 8.83. The van der Waals surface area contributed by atoms with Gasteiger partial charge in [0.25, 0.3) is 0 Å². The molecule has 14 heavy (non-hydrogen) atoms. The van der Waals surface area contributed by atoms with E-state index >= 15 is 0 Å². The first kappa shape index (κ1) is 9.41. The van der Waals surface area contributed by atoms with Crippen LogP contribution in [0.25, 0.3) is 0 Å². The predicted octanol–water partition coefficient (Wildman–Crippen LogP) is 3.25.